The van der Waals surface area contributed by atoms with E-state index < -0.39 is 0 Å². The molecule has 3 N–H and O–H groups in total. The number of carbonyl (C=O) groups excluding carboxylic acids is 2. The summed E-state index contributed by atoms with van der Waals surface area (Å²) in [6, 6.07) is 11.9. The lowest BCUT2D eigenvalue weighted by molar-refractivity contribution is 0.101. The molecule has 1 amide bonds. The van der Waals surface area contributed by atoms with Crippen LogP contribution in [0, 0.1) is 6.92 Å². The highest BCUT2D eigenvalue weighted by molar-refractivity contribution is 6.05. The third-order valence-corrected chi connectivity index (χ3v) is 3.09. The number of aryl methyl sites for hydroxylation is 1. The molecule has 2 aromatic carbocycles. The first kappa shape index (κ1) is 13.8. The van der Waals surface area contributed by atoms with Crippen molar-refractivity contribution in [2.24, 2.45) is 0 Å². The summed E-state index contributed by atoms with van der Waals surface area (Å²) >= 11 is 0. The fourth-order valence-electron chi connectivity index (χ4n) is 1.77. The van der Waals surface area contributed by atoms with Gasteiger partial charge >= 0.3 is 0 Å². The fourth-order valence-corrected chi connectivity index (χ4v) is 1.77. The van der Waals surface area contributed by atoms with Gasteiger partial charge < -0.3 is 11.1 Å². The number of ketones is 1. The molecule has 0 aromatic heterocycles. The molecular formula is C16H16N2O2. The van der Waals surface area contributed by atoms with Crippen molar-refractivity contribution in [3.8, 4) is 0 Å². The maximum atomic E-state index is 12.1. The van der Waals surface area contributed by atoms with Crippen molar-refractivity contribution in [2.45, 2.75) is 13.8 Å². The van der Waals surface area contributed by atoms with Gasteiger partial charge in [-0.2, -0.15) is 0 Å². The number of hydrogen-bond acceptors (Lipinski definition) is 3. The highest BCUT2D eigenvalue weighted by Crippen LogP contribution is 2.15. The molecule has 2 aromatic rings. The molecule has 4 nitrogen and oxygen atoms in total. The lowest BCUT2D eigenvalue weighted by Gasteiger charge is -2.07. The molecule has 2 rings (SSSR count). The number of nitrogen functional groups attached to an aromatic ring is 1. The maximum Gasteiger partial charge on any atom is 0.255 e. The third-order valence-electron chi connectivity index (χ3n) is 3.09. The van der Waals surface area contributed by atoms with Gasteiger partial charge in [0.05, 0.1) is 0 Å². The minimum atomic E-state index is -0.229. The quantitative estimate of drug-likeness (QED) is 0.664. The summed E-state index contributed by atoms with van der Waals surface area (Å²) in [7, 11) is 0. The van der Waals surface area contributed by atoms with Crippen molar-refractivity contribution < 1.29 is 9.59 Å². The molecule has 0 unspecified atom stereocenters. The number of nitrogens with one attached hydrogen (secondary N) is 1. The van der Waals surface area contributed by atoms with Crippen LogP contribution in [-0.2, 0) is 0 Å². The van der Waals surface area contributed by atoms with Crippen LogP contribution in [0.4, 0.5) is 11.4 Å². The predicted molar refractivity (Wildman–Crippen MR) is 80.0 cm³/mol. The van der Waals surface area contributed by atoms with E-state index >= 15 is 0 Å². The van der Waals surface area contributed by atoms with Crippen LogP contribution < -0.4 is 11.1 Å². The number of Topliss-reactive ketones (excluding diaryl/α,β-unsaturated/α-hetero) is 1. The van der Waals surface area contributed by atoms with E-state index in [1.54, 1.807) is 36.4 Å². The smallest absolute Gasteiger partial charge is 0.255 e. The number of carbonyl (C=O) groups is 2. The van der Waals surface area contributed by atoms with Crippen molar-refractivity contribution in [1.29, 1.82) is 0 Å². The molecule has 0 aliphatic rings. The zero-order chi connectivity index (χ0) is 14.7. The predicted octanol–water partition coefficient (Wildman–Crippen LogP) is 3.03. The van der Waals surface area contributed by atoms with Crippen LogP contribution in [0.2, 0.25) is 0 Å². The number of benzene rings is 2. The van der Waals surface area contributed by atoms with Crippen LogP contribution >= 0.6 is 0 Å². The summed E-state index contributed by atoms with van der Waals surface area (Å²) in [6.45, 7) is 3.39. The van der Waals surface area contributed by atoms with E-state index in [-0.39, 0.29) is 11.7 Å². The third kappa shape index (κ3) is 3.03. The standard InChI is InChI=1S/C16H16N2O2/c1-10-3-4-13(9-15(10)17)16(20)18-14-7-5-12(6-8-14)11(2)19/h3-9H,17H2,1-2H3,(H,18,20). The number of amides is 1. The Morgan fingerprint density at radius 3 is 2.15 bits per heavy atom. The van der Waals surface area contributed by atoms with E-state index in [9.17, 15) is 9.59 Å². The van der Waals surface area contributed by atoms with E-state index in [1.807, 2.05) is 13.0 Å². The summed E-state index contributed by atoms with van der Waals surface area (Å²) < 4.78 is 0. The molecule has 0 atom stereocenters. The Bertz CT molecular complexity index is 661. The molecule has 4 heteroatoms. The summed E-state index contributed by atoms with van der Waals surface area (Å²) in [5.74, 6) is -0.235. The van der Waals surface area contributed by atoms with Gasteiger partial charge in [-0.3, -0.25) is 9.59 Å². The summed E-state index contributed by atoms with van der Waals surface area (Å²) in [4.78, 5) is 23.2. The van der Waals surface area contributed by atoms with Gasteiger partial charge in [0.15, 0.2) is 5.78 Å². The summed E-state index contributed by atoms with van der Waals surface area (Å²) in [5, 5.41) is 2.77. The highest BCUT2D eigenvalue weighted by Gasteiger charge is 2.08. The molecule has 0 bridgehead atoms. The highest BCUT2D eigenvalue weighted by atomic mass is 16.1. The number of nitrogens with two attached hydrogens (primary N) is 1. The van der Waals surface area contributed by atoms with Crippen molar-refractivity contribution in [3.63, 3.8) is 0 Å². The Balaban J connectivity index is 2.14. The Kier molecular flexibility index (Phi) is 3.84. The molecule has 0 aliphatic carbocycles. The topological polar surface area (TPSA) is 72.2 Å². The zero-order valence-corrected chi connectivity index (χ0v) is 11.4. The van der Waals surface area contributed by atoms with Gasteiger partial charge in [-0.25, -0.2) is 0 Å². The Morgan fingerprint density at radius 2 is 1.60 bits per heavy atom. The lowest BCUT2D eigenvalue weighted by atomic mass is 10.1. The molecule has 0 saturated heterocycles. The second-order valence-electron chi connectivity index (χ2n) is 4.66. The second-order valence-corrected chi connectivity index (χ2v) is 4.66. The van der Waals surface area contributed by atoms with Gasteiger partial charge in [-0.15, -0.1) is 0 Å². The second kappa shape index (κ2) is 5.57. The van der Waals surface area contributed by atoms with E-state index in [2.05, 4.69) is 5.32 Å². The first-order valence-corrected chi connectivity index (χ1v) is 6.26. The first-order valence-electron chi connectivity index (χ1n) is 6.26. The van der Waals surface area contributed by atoms with Crippen LogP contribution in [-0.4, -0.2) is 11.7 Å². The van der Waals surface area contributed by atoms with Crippen LogP contribution in [0.25, 0.3) is 0 Å². The Labute approximate surface area is 117 Å². The normalized spacial score (nSPS) is 10.1. The summed E-state index contributed by atoms with van der Waals surface area (Å²) in [5.41, 5.74) is 9.07. The van der Waals surface area contributed by atoms with Gasteiger partial charge in [0.1, 0.15) is 0 Å². The molecule has 0 radical (unpaired) electrons. The molecule has 102 valence electrons. The van der Waals surface area contributed by atoms with Gasteiger partial charge in [-0.05, 0) is 55.8 Å². The summed E-state index contributed by atoms with van der Waals surface area (Å²) in [6.07, 6.45) is 0. The monoisotopic (exact) mass is 268 g/mol. The molecule has 0 aliphatic heterocycles. The van der Waals surface area contributed by atoms with Gasteiger partial charge in [-0.1, -0.05) is 6.07 Å². The molecule has 0 spiro atoms. The largest absolute Gasteiger partial charge is 0.398 e. The molecule has 0 saturated carbocycles. The number of hydrogen-bond donors (Lipinski definition) is 2. The van der Waals surface area contributed by atoms with Crippen LogP contribution in [0.1, 0.15) is 33.2 Å². The fraction of sp³-hybridized carbons (Fsp3) is 0.125. The van der Waals surface area contributed by atoms with Crippen LogP contribution in [0.5, 0.6) is 0 Å². The molecular weight excluding hydrogens is 252 g/mol. The van der Waals surface area contributed by atoms with Crippen LogP contribution in [0.3, 0.4) is 0 Å². The van der Waals surface area contributed by atoms with Gasteiger partial charge in [0.2, 0.25) is 0 Å². The van der Waals surface area contributed by atoms with Gasteiger partial charge in [0, 0.05) is 22.5 Å². The first-order chi connectivity index (χ1) is 9.47. The lowest BCUT2D eigenvalue weighted by Crippen LogP contribution is -2.12. The van der Waals surface area contributed by atoms with E-state index in [0.717, 1.165) is 5.56 Å². The molecule has 20 heavy (non-hydrogen) atoms. The number of rotatable bonds is 3. The van der Waals surface area contributed by atoms with Gasteiger partial charge in [0.25, 0.3) is 5.91 Å². The molecule has 0 heterocycles. The van der Waals surface area contributed by atoms with Crippen molar-refractivity contribution >= 4 is 23.1 Å². The van der Waals surface area contributed by atoms with Crippen molar-refractivity contribution in [3.05, 3.63) is 59.2 Å². The average Bonchev–Trinajstić information content (AvgIpc) is 2.42. The van der Waals surface area contributed by atoms with Crippen molar-refractivity contribution in [1.82, 2.24) is 0 Å². The Hall–Kier alpha value is -2.62. The number of anilines is 2. The van der Waals surface area contributed by atoms with Crippen molar-refractivity contribution in [2.75, 3.05) is 11.1 Å². The minimum Gasteiger partial charge on any atom is -0.398 e. The average molecular weight is 268 g/mol. The maximum absolute atomic E-state index is 12.1. The van der Waals surface area contributed by atoms with E-state index in [1.165, 1.54) is 6.92 Å². The van der Waals surface area contributed by atoms with E-state index in [4.69, 9.17) is 5.73 Å². The minimum absolute atomic E-state index is 0.00538. The van der Waals surface area contributed by atoms with Crippen LogP contribution in [0.15, 0.2) is 42.5 Å². The Morgan fingerprint density at radius 1 is 1.00 bits per heavy atom. The SMILES string of the molecule is CC(=O)c1ccc(NC(=O)c2ccc(C)c(N)c2)cc1. The molecule has 0 fully saturated rings. The van der Waals surface area contributed by atoms with E-state index in [0.29, 0.717) is 22.5 Å². The zero-order valence-electron chi connectivity index (χ0n) is 11.4.